The van der Waals surface area contributed by atoms with E-state index in [4.69, 9.17) is 5.73 Å². The molecule has 10 heteroatoms. The van der Waals surface area contributed by atoms with Gasteiger partial charge in [0.2, 0.25) is 5.95 Å². The number of aryl methyl sites for hydroxylation is 1. The highest BCUT2D eigenvalue weighted by Crippen LogP contribution is 2.22. The van der Waals surface area contributed by atoms with Crippen molar-refractivity contribution in [3.05, 3.63) is 45.1 Å². The number of aromatic nitrogens is 6. The molecule has 156 valence electrons. The third-order valence-corrected chi connectivity index (χ3v) is 5.29. The Hall–Kier alpha value is -3.45. The summed E-state index contributed by atoms with van der Waals surface area (Å²) in [6.07, 6.45) is 5.05. The zero-order valence-electron chi connectivity index (χ0n) is 17.1. The number of piperidine rings is 1. The molecule has 10 nitrogen and oxygen atoms in total. The van der Waals surface area contributed by atoms with Gasteiger partial charge in [-0.2, -0.15) is 4.98 Å². The second-order valence-electron chi connectivity index (χ2n) is 7.34. The summed E-state index contributed by atoms with van der Waals surface area (Å²) in [6, 6.07) is 1.72. The normalized spacial score (nSPS) is 16.5. The summed E-state index contributed by atoms with van der Waals surface area (Å²) in [5.41, 5.74) is 5.94. The van der Waals surface area contributed by atoms with Gasteiger partial charge >= 0.3 is 5.69 Å². The second kappa shape index (κ2) is 8.12. The van der Waals surface area contributed by atoms with Gasteiger partial charge in [0.05, 0.1) is 13.1 Å². The van der Waals surface area contributed by atoms with Gasteiger partial charge in [-0.1, -0.05) is 5.92 Å². The van der Waals surface area contributed by atoms with E-state index in [-0.39, 0.29) is 12.6 Å². The molecule has 3 aromatic rings. The Morgan fingerprint density at radius 1 is 1.23 bits per heavy atom. The molecule has 30 heavy (non-hydrogen) atoms. The minimum Gasteiger partial charge on any atom is -0.341 e. The molecule has 0 spiro atoms. The van der Waals surface area contributed by atoms with Crippen molar-refractivity contribution >= 4 is 17.1 Å². The van der Waals surface area contributed by atoms with E-state index in [2.05, 4.69) is 31.7 Å². The fourth-order valence-corrected chi connectivity index (χ4v) is 3.79. The average molecular weight is 408 g/mol. The lowest BCUT2D eigenvalue weighted by Gasteiger charge is -2.31. The molecule has 1 fully saturated rings. The highest BCUT2D eigenvalue weighted by Gasteiger charge is 2.26. The van der Waals surface area contributed by atoms with Crippen LogP contribution in [0.5, 0.6) is 0 Å². The van der Waals surface area contributed by atoms with Gasteiger partial charge < -0.3 is 10.6 Å². The molecule has 1 aliphatic rings. The third-order valence-electron chi connectivity index (χ3n) is 5.29. The molecule has 1 aliphatic heterocycles. The van der Waals surface area contributed by atoms with Crippen LogP contribution >= 0.6 is 0 Å². The average Bonchev–Trinajstić information content (AvgIpc) is 3.14. The molecular weight excluding hydrogens is 384 g/mol. The van der Waals surface area contributed by atoms with Gasteiger partial charge in [0.1, 0.15) is 5.82 Å². The molecule has 0 bridgehead atoms. The first-order valence-electron chi connectivity index (χ1n) is 9.87. The Kier molecular flexibility index (Phi) is 5.37. The van der Waals surface area contributed by atoms with Crippen LogP contribution in [0.3, 0.4) is 0 Å². The highest BCUT2D eigenvalue weighted by molar-refractivity contribution is 5.75. The third kappa shape index (κ3) is 3.48. The fourth-order valence-electron chi connectivity index (χ4n) is 3.79. The highest BCUT2D eigenvalue weighted by atomic mass is 16.2. The molecule has 1 atom stereocenters. The van der Waals surface area contributed by atoms with Crippen LogP contribution in [0.2, 0.25) is 0 Å². The summed E-state index contributed by atoms with van der Waals surface area (Å²) in [4.78, 5) is 41.3. The van der Waals surface area contributed by atoms with E-state index in [9.17, 15) is 9.59 Å². The van der Waals surface area contributed by atoms with E-state index in [1.165, 1.54) is 4.57 Å². The van der Waals surface area contributed by atoms with Crippen LogP contribution in [0.1, 0.15) is 25.6 Å². The van der Waals surface area contributed by atoms with Gasteiger partial charge in [-0.25, -0.2) is 14.8 Å². The van der Waals surface area contributed by atoms with Crippen molar-refractivity contribution in [3.63, 3.8) is 0 Å². The lowest BCUT2D eigenvalue weighted by atomic mass is 10.1. The number of anilines is 1. The maximum absolute atomic E-state index is 13.4. The number of hydrogen-bond acceptors (Lipinski definition) is 7. The lowest BCUT2D eigenvalue weighted by Crippen LogP contribution is -2.44. The fraction of sp³-hybridized carbons (Fsp3) is 0.450. The molecule has 1 unspecified atom stereocenters. The largest absolute Gasteiger partial charge is 0.341 e. The van der Waals surface area contributed by atoms with Gasteiger partial charge in [-0.05, 0) is 25.8 Å². The number of hydrogen-bond donors (Lipinski definition) is 1. The van der Waals surface area contributed by atoms with Crippen LogP contribution in [-0.2, 0) is 20.1 Å². The first-order valence-corrected chi connectivity index (χ1v) is 9.87. The van der Waals surface area contributed by atoms with E-state index in [0.717, 1.165) is 24.0 Å². The maximum atomic E-state index is 13.4. The molecular formula is C20H24N8O2. The van der Waals surface area contributed by atoms with Crippen molar-refractivity contribution in [2.24, 2.45) is 12.8 Å². The summed E-state index contributed by atoms with van der Waals surface area (Å²) < 4.78 is 4.32. The zero-order chi connectivity index (χ0) is 21.3. The molecule has 4 heterocycles. The summed E-state index contributed by atoms with van der Waals surface area (Å²) >= 11 is 0. The van der Waals surface area contributed by atoms with E-state index >= 15 is 0 Å². The van der Waals surface area contributed by atoms with Gasteiger partial charge in [-0.3, -0.25) is 18.5 Å². The SMILES string of the molecule is CC#CCn1c(N2CCCC(N)C2)nc2c1c(=O)n(Cc1ncccn1)c(=O)n2C. The van der Waals surface area contributed by atoms with Crippen molar-refractivity contribution < 1.29 is 0 Å². The minimum absolute atomic E-state index is 0.0170. The Morgan fingerprint density at radius 2 is 2.00 bits per heavy atom. The second-order valence-corrected chi connectivity index (χ2v) is 7.34. The minimum atomic E-state index is -0.465. The van der Waals surface area contributed by atoms with Crippen molar-refractivity contribution in [1.82, 2.24) is 28.7 Å². The molecule has 3 aromatic heterocycles. The number of rotatable bonds is 4. The summed E-state index contributed by atoms with van der Waals surface area (Å²) in [5, 5.41) is 0. The lowest BCUT2D eigenvalue weighted by molar-refractivity contribution is 0.496. The van der Waals surface area contributed by atoms with E-state index < -0.39 is 11.2 Å². The van der Waals surface area contributed by atoms with Crippen LogP contribution in [0, 0.1) is 11.8 Å². The Morgan fingerprint density at radius 3 is 2.70 bits per heavy atom. The van der Waals surface area contributed by atoms with Crippen molar-refractivity contribution in [3.8, 4) is 11.8 Å². The van der Waals surface area contributed by atoms with Crippen LogP contribution in [0.25, 0.3) is 11.2 Å². The molecule has 1 saturated heterocycles. The summed E-state index contributed by atoms with van der Waals surface area (Å²) in [5.74, 6) is 6.89. The standard InChI is InChI=1S/C20H24N8O2/c1-3-4-11-27-16-17(24-19(27)26-10-5-7-14(21)12-26)25(2)20(30)28(18(16)29)13-15-22-8-6-9-23-15/h6,8-9,14H,5,7,10-13,21H2,1-2H3. The smallest absolute Gasteiger partial charge is 0.332 e. The first-order chi connectivity index (χ1) is 14.5. The predicted octanol–water partition coefficient (Wildman–Crippen LogP) is -0.314. The number of nitrogens with zero attached hydrogens (tertiary/aromatic N) is 7. The van der Waals surface area contributed by atoms with Gasteiger partial charge in [0.25, 0.3) is 5.56 Å². The van der Waals surface area contributed by atoms with Crippen LogP contribution < -0.4 is 21.9 Å². The van der Waals surface area contributed by atoms with E-state index in [0.29, 0.717) is 36.0 Å². The monoisotopic (exact) mass is 408 g/mol. The molecule has 0 saturated carbocycles. The van der Waals surface area contributed by atoms with E-state index in [1.54, 1.807) is 37.0 Å². The number of imidazole rings is 1. The van der Waals surface area contributed by atoms with Crippen molar-refractivity contribution in [2.75, 3.05) is 18.0 Å². The Bertz CT molecular complexity index is 1250. The number of nitrogens with two attached hydrogens (primary N) is 1. The first kappa shape index (κ1) is 19.8. The molecule has 0 amide bonds. The Balaban J connectivity index is 1.93. The predicted molar refractivity (Wildman–Crippen MR) is 113 cm³/mol. The number of fused-ring (bicyclic) bond motifs is 1. The molecule has 0 radical (unpaired) electrons. The molecule has 0 aliphatic carbocycles. The van der Waals surface area contributed by atoms with E-state index in [1.807, 2.05) is 0 Å². The molecule has 2 N–H and O–H groups in total. The van der Waals surface area contributed by atoms with Crippen molar-refractivity contribution in [2.45, 2.75) is 38.9 Å². The van der Waals surface area contributed by atoms with Gasteiger partial charge in [0, 0.05) is 38.6 Å². The van der Waals surface area contributed by atoms with Crippen LogP contribution in [0.15, 0.2) is 28.0 Å². The van der Waals surface area contributed by atoms with Gasteiger partial charge in [-0.15, -0.1) is 5.92 Å². The Labute approximate surface area is 173 Å². The summed E-state index contributed by atoms with van der Waals surface area (Å²) in [6.45, 7) is 3.45. The van der Waals surface area contributed by atoms with Crippen molar-refractivity contribution in [1.29, 1.82) is 0 Å². The van der Waals surface area contributed by atoms with Crippen LogP contribution in [-0.4, -0.2) is 47.8 Å². The molecule has 0 aromatic carbocycles. The summed E-state index contributed by atoms with van der Waals surface area (Å²) in [7, 11) is 1.61. The van der Waals surface area contributed by atoms with Gasteiger partial charge in [0.15, 0.2) is 11.2 Å². The zero-order valence-corrected chi connectivity index (χ0v) is 17.1. The van der Waals surface area contributed by atoms with Crippen LogP contribution in [0.4, 0.5) is 5.95 Å². The molecule has 4 rings (SSSR count). The maximum Gasteiger partial charge on any atom is 0.332 e. The quantitative estimate of drug-likeness (QED) is 0.588. The topological polar surface area (TPSA) is 117 Å².